The smallest absolute Gasteiger partial charge is 0.325 e. The highest BCUT2D eigenvalue weighted by Gasteiger charge is 2.32. The maximum atomic E-state index is 11.8. The normalized spacial score (nSPS) is 13.7. The fraction of sp³-hybridized carbons (Fsp3) is 0.533. The van der Waals surface area contributed by atoms with Gasteiger partial charge in [0.25, 0.3) is 0 Å². The zero-order chi connectivity index (χ0) is 14.3. The lowest BCUT2D eigenvalue weighted by Crippen LogP contribution is -2.50. The minimum Gasteiger partial charge on any atom is -0.468 e. The molecule has 1 aromatic carbocycles. The number of benzene rings is 1. The lowest BCUT2D eigenvalue weighted by Gasteiger charge is -2.30. The van der Waals surface area contributed by atoms with Gasteiger partial charge in [0.2, 0.25) is 0 Å². The van der Waals surface area contributed by atoms with Gasteiger partial charge in [-0.2, -0.15) is 0 Å². The van der Waals surface area contributed by atoms with Crippen molar-refractivity contribution in [1.82, 2.24) is 5.32 Å². The van der Waals surface area contributed by atoms with Crippen molar-refractivity contribution in [2.24, 2.45) is 0 Å². The van der Waals surface area contributed by atoms with E-state index in [0.29, 0.717) is 6.42 Å². The molecule has 0 spiro atoms. The van der Waals surface area contributed by atoms with Crippen LogP contribution in [0.4, 0.5) is 5.69 Å². The number of hydrogen-bond donors (Lipinski definition) is 1. The number of likely N-dealkylation sites (N-methyl/N-ethyl adjacent to an activating group) is 1. The fourth-order valence-electron chi connectivity index (χ4n) is 2.02. The maximum absolute atomic E-state index is 11.8. The summed E-state index contributed by atoms with van der Waals surface area (Å²) in [5.41, 5.74) is 0.532. The Bertz CT molecular complexity index is 394. The first kappa shape index (κ1) is 15.5. The average molecular weight is 264 g/mol. The second-order valence-electron chi connectivity index (χ2n) is 4.74. The summed E-state index contributed by atoms with van der Waals surface area (Å²) in [7, 11) is 3.21. The molecule has 0 amide bonds. The minimum atomic E-state index is -0.642. The van der Waals surface area contributed by atoms with Gasteiger partial charge in [0, 0.05) is 18.8 Å². The molecule has 0 radical (unpaired) electrons. The summed E-state index contributed by atoms with van der Waals surface area (Å²) < 4.78 is 4.86. The molecule has 19 heavy (non-hydrogen) atoms. The van der Waals surface area contributed by atoms with Crippen molar-refractivity contribution in [3.63, 3.8) is 0 Å². The first-order chi connectivity index (χ1) is 9.07. The Labute approximate surface area is 115 Å². The molecule has 0 aliphatic heterocycles. The van der Waals surface area contributed by atoms with Crippen molar-refractivity contribution in [2.45, 2.75) is 25.8 Å². The summed E-state index contributed by atoms with van der Waals surface area (Å²) in [6.07, 6.45) is 0.693. The standard InChI is InChI=1S/C15H24N2O2/c1-5-17(13-9-7-6-8-10-13)12-11-15(2,16-3)14(18)19-4/h6-10,16H,5,11-12H2,1-4H3. The van der Waals surface area contributed by atoms with Crippen LogP contribution >= 0.6 is 0 Å². The highest BCUT2D eigenvalue weighted by molar-refractivity contribution is 5.80. The molecule has 4 nitrogen and oxygen atoms in total. The van der Waals surface area contributed by atoms with E-state index in [2.05, 4.69) is 29.3 Å². The number of esters is 1. The van der Waals surface area contributed by atoms with Crippen LogP contribution in [-0.2, 0) is 9.53 Å². The van der Waals surface area contributed by atoms with Crippen molar-refractivity contribution in [2.75, 3.05) is 32.1 Å². The Balaban J connectivity index is 2.70. The van der Waals surface area contributed by atoms with Crippen LogP contribution in [0.15, 0.2) is 30.3 Å². The van der Waals surface area contributed by atoms with E-state index in [1.54, 1.807) is 7.05 Å². The van der Waals surface area contributed by atoms with E-state index in [1.165, 1.54) is 12.8 Å². The molecule has 1 atom stereocenters. The second kappa shape index (κ2) is 7.14. The molecule has 0 saturated carbocycles. The lowest BCUT2D eigenvalue weighted by molar-refractivity contribution is -0.147. The van der Waals surface area contributed by atoms with Crippen LogP contribution in [-0.4, -0.2) is 38.8 Å². The van der Waals surface area contributed by atoms with E-state index in [-0.39, 0.29) is 5.97 Å². The van der Waals surface area contributed by atoms with Gasteiger partial charge in [-0.1, -0.05) is 18.2 Å². The van der Waals surface area contributed by atoms with Gasteiger partial charge in [-0.25, -0.2) is 0 Å². The monoisotopic (exact) mass is 264 g/mol. The molecule has 106 valence electrons. The van der Waals surface area contributed by atoms with E-state index in [0.717, 1.165) is 13.1 Å². The topological polar surface area (TPSA) is 41.6 Å². The molecule has 0 aliphatic carbocycles. The first-order valence-electron chi connectivity index (χ1n) is 6.64. The van der Waals surface area contributed by atoms with Gasteiger partial charge >= 0.3 is 5.97 Å². The summed E-state index contributed by atoms with van der Waals surface area (Å²) >= 11 is 0. The Hall–Kier alpha value is -1.55. The van der Waals surface area contributed by atoms with Gasteiger partial charge in [-0.15, -0.1) is 0 Å². The Morgan fingerprint density at radius 3 is 2.47 bits per heavy atom. The lowest BCUT2D eigenvalue weighted by atomic mass is 9.98. The third-order valence-electron chi connectivity index (χ3n) is 3.57. The van der Waals surface area contributed by atoms with Gasteiger partial charge in [0.1, 0.15) is 5.54 Å². The molecule has 0 saturated heterocycles. The molecule has 0 bridgehead atoms. The van der Waals surface area contributed by atoms with Crippen LogP contribution in [0.2, 0.25) is 0 Å². The predicted octanol–water partition coefficient (Wildman–Crippen LogP) is 2.05. The number of nitrogens with one attached hydrogen (secondary N) is 1. The molecule has 1 N–H and O–H groups in total. The number of para-hydroxylation sites is 1. The SMILES string of the molecule is CCN(CCC(C)(NC)C(=O)OC)c1ccccc1. The Morgan fingerprint density at radius 2 is 2.00 bits per heavy atom. The van der Waals surface area contributed by atoms with Crippen molar-refractivity contribution < 1.29 is 9.53 Å². The fourth-order valence-corrected chi connectivity index (χ4v) is 2.02. The van der Waals surface area contributed by atoms with Gasteiger partial charge in [-0.05, 0) is 39.4 Å². The van der Waals surface area contributed by atoms with Crippen LogP contribution in [0, 0.1) is 0 Å². The third-order valence-corrected chi connectivity index (χ3v) is 3.57. The van der Waals surface area contributed by atoms with Gasteiger partial charge in [0.15, 0.2) is 0 Å². The van der Waals surface area contributed by atoms with E-state index in [1.807, 2.05) is 25.1 Å². The minimum absolute atomic E-state index is 0.223. The van der Waals surface area contributed by atoms with Crippen LogP contribution in [0.5, 0.6) is 0 Å². The number of anilines is 1. The van der Waals surface area contributed by atoms with Gasteiger partial charge in [-0.3, -0.25) is 4.79 Å². The summed E-state index contributed by atoms with van der Waals surface area (Å²) in [6.45, 7) is 5.69. The number of nitrogens with zero attached hydrogens (tertiary/aromatic N) is 1. The van der Waals surface area contributed by atoms with Crippen LogP contribution in [0.25, 0.3) is 0 Å². The molecular formula is C15H24N2O2. The highest BCUT2D eigenvalue weighted by Crippen LogP contribution is 2.17. The number of hydrogen-bond acceptors (Lipinski definition) is 4. The van der Waals surface area contributed by atoms with E-state index in [4.69, 9.17) is 4.74 Å². The first-order valence-corrected chi connectivity index (χ1v) is 6.64. The van der Waals surface area contributed by atoms with E-state index in [9.17, 15) is 4.79 Å². The number of rotatable bonds is 7. The van der Waals surface area contributed by atoms with Crippen LogP contribution < -0.4 is 10.2 Å². The number of carbonyl (C=O) groups excluding carboxylic acids is 1. The quantitative estimate of drug-likeness (QED) is 0.765. The van der Waals surface area contributed by atoms with Gasteiger partial charge < -0.3 is 15.0 Å². The third kappa shape index (κ3) is 3.96. The highest BCUT2D eigenvalue weighted by atomic mass is 16.5. The maximum Gasteiger partial charge on any atom is 0.325 e. The summed E-state index contributed by atoms with van der Waals surface area (Å²) in [6, 6.07) is 10.2. The van der Waals surface area contributed by atoms with Crippen molar-refractivity contribution in [3.05, 3.63) is 30.3 Å². The molecule has 1 unspecified atom stereocenters. The van der Waals surface area contributed by atoms with Crippen molar-refractivity contribution >= 4 is 11.7 Å². The summed E-state index contributed by atoms with van der Waals surface area (Å²) in [4.78, 5) is 14.0. The zero-order valence-corrected chi connectivity index (χ0v) is 12.3. The van der Waals surface area contributed by atoms with Crippen molar-refractivity contribution in [3.8, 4) is 0 Å². The molecule has 0 fully saturated rings. The van der Waals surface area contributed by atoms with Gasteiger partial charge in [0.05, 0.1) is 7.11 Å². The van der Waals surface area contributed by atoms with E-state index < -0.39 is 5.54 Å². The Kier molecular flexibility index (Phi) is 5.83. The van der Waals surface area contributed by atoms with Crippen LogP contribution in [0.1, 0.15) is 20.3 Å². The molecule has 4 heteroatoms. The Morgan fingerprint density at radius 1 is 1.37 bits per heavy atom. The number of methoxy groups -OCH3 is 1. The predicted molar refractivity (Wildman–Crippen MR) is 78.4 cm³/mol. The van der Waals surface area contributed by atoms with Crippen molar-refractivity contribution in [1.29, 1.82) is 0 Å². The molecule has 0 heterocycles. The molecule has 1 aromatic rings. The molecule has 0 aromatic heterocycles. The summed E-state index contributed by atoms with van der Waals surface area (Å²) in [5, 5.41) is 3.06. The second-order valence-corrected chi connectivity index (χ2v) is 4.74. The summed E-state index contributed by atoms with van der Waals surface area (Å²) in [5.74, 6) is -0.223. The molecule has 1 rings (SSSR count). The molecular weight excluding hydrogens is 240 g/mol. The zero-order valence-electron chi connectivity index (χ0n) is 12.3. The number of carbonyl (C=O) groups is 1. The molecule has 0 aliphatic rings. The number of ether oxygens (including phenoxy) is 1. The average Bonchev–Trinajstić information content (AvgIpc) is 2.47. The van der Waals surface area contributed by atoms with E-state index >= 15 is 0 Å². The largest absolute Gasteiger partial charge is 0.468 e. The van der Waals surface area contributed by atoms with Crippen LogP contribution in [0.3, 0.4) is 0 Å².